The third-order valence-corrected chi connectivity index (χ3v) is 2.05. The zero-order chi connectivity index (χ0) is 8.27. The molecular formula is C7H8BrNO2. The number of ether oxygens (including phenoxy) is 1. The van der Waals surface area contributed by atoms with Gasteiger partial charge < -0.3 is 9.84 Å². The zero-order valence-electron chi connectivity index (χ0n) is 6.04. The molecule has 60 valence electrons. The van der Waals surface area contributed by atoms with Crippen molar-refractivity contribution in [3.8, 4) is 5.88 Å². The first-order valence-electron chi connectivity index (χ1n) is 3.07. The van der Waals surface area contributed by atoms with Crippen LogP contribution >= 0.6 is 15.9 Å². The van der Waals surface area contributed by atoms with Crippen LogP contribution in [0.15, 0.2) is 16.7 Å². The summed E-state index contributed by atoms with van der Waals surface area (Å²) in [5.41, 5.74) is 0.676. The van der Waals surface area contributed by atoms with Crippen molar-refractivity contribution in [3.63, 3.8) is 0 Å². The van der Waals surface area contributed by atoms with E-state index in [1.807, 2.05) is 0 Å². The second-order valence-corrected chi connectivity index (χ2v) is 2.79. The van der Waals surface area contributed by atoms with Crippen molar-refractivity contribution in [2.24, 2.45) is 0 Å². The Morgan fingerprint density at radius 3 is 2.91 bits per heavy atom. The summed E-state index contributed by atoms with van der Waals surface area (Å²) in [4.78, 5) is 3.92. The molecule has 0 spiro atoms. The first-order chi connectivity index (χ1) is 5.29. The first-order valence-corrected chi connectivity index (χ1v) is 3.87. The topological polar surface area (TPSA) is 42.4 Å². The van der Waals surface area contributed by atoms with Gasteiger partial charge in [0.05, 0.1) is 19.3 Å². The second-order valence-electron chi connectivity index (χ2n) is 1.94. The van der Waals surface area contributed by atoms with Crippen LogP contribution in [-0.4, -0.2) is 17.2 Å². The number of pyridine rings is 1. The molecular weight excluding hydrogens is 210 g/mol. The van der Waals surface area contributed by atoms with Gasteiger partial charge in [-0.2, -0.15) is 0 Å². The van der Waals surface area contributed by atoms with E-state index in [0.29, 0.717) is 11.4 Å². The molecule has 0 aromatic carbocycles. The molecule has 4 heteroatoms. The van der Waals surface area contributed by atoms with Crippen molar-refractivity contribution in [2.45, 2.75) is 6.61 Å². The highest BCUT2D eigenvalue weighted by Crippen LogP contribution is 2.23. The molecule has 0 radical (unpaired) electrons. The molecule has 0 aliphatic rings. The second kappa shape index (κ2) is 3.69. The SMILES string of the molecule is COc1nccc(Br)c1CO. The number of hydrogen-bond acceptors (Lipinski definition) is 3. The Bertz CT molecular complexity index is 252. The molecule has 1 aromatic rings. The summed E-state index contributed by atoms with van der Waals surface area (Å²) in [6.07, 6.45) is 1.61. The summed E-state index contributed by atoms with van der Waals surface area (Å²) in [7, 11) is 1.52. The van der Waals surface area contributed by atoms with Gasteiger partial charge in [-0.15, -0.1) is 0 Å². The number of aliphatic hydroxyl groups is 1. The highest BCUT2D eigenvalue weighted by molar-refractivity contribution is 9.10. The molecule has 0 unspecified atom stereocenters. The molecule has 0 aliphatic carbocycles. The number of aliphatic hydroxyl groups excluding tert-OH is 1. The van der Waals surface area contributed by atoms with Crippen LogP contribution in [0, 0.1) is 0 Å². The van der Waals surface area contributed by atoms with Crippen molar-refractivity contribution in [2.75, 3.05) is 7.11 Å². The molecule has 0 bridgehead atoms. The maximum absolute atomic E-state index is 8.88. The van der Waals surface area contributed by atoms with E-state index in [1.54, 1.807) is 12.3 Å². The van der Waals surface area contributed by atoms with Crippen LogP contribution < -0.4 is 4.74 Å². The molecule has 1 aromatic heterocycles. The molecule has 0 aliphatic heterocycles. The fourth-order valence-corrected chi connectivity index (χ4v) is 1.18. The van der Waals surface area contributed by atoms with Gasteiger partial charge in [-0.1, -0.05) is 15.9 Å². The van der Waals surface area contributed by atoms with Crippen molar-refractivity contribution in [1.29, 1.82) is 0 Å². The third kappa shape index (κ3) is 1.70. The number of methoxy groups -OCH3 is 1. The molecule has 1 N–H and O–H groups in total. The van der Waals surface area contributed by atoms with E-state index in [9.17, 15) is 0 Å². The third-order valence-electron chi connectivity index (χ3n) is 1.31. The van der Waals surface area contributed by atoms with Gasteiger partial charge in [0.1, 0.15) is 0 Å². The minimum Gasteiger partial charge on any atom is -0.481 e. The Hall–Kier alpha value is -0.610. The van der Waals surface area contributed by atoms with Gasteiger partial charge in [-0.05, 0) is 6.07 Å². The lowest BCUT2D eigenvalue weighted by molar-refractivity contribution is 0.270. The highest BCUT2D eigenvalue weighted by Gasteiger charge is 2.05. The number of nitrogens with zero attached hydrogens (tertiary/aromatic N) is 1. The molecule has 0 amide bonds. The van der Waals surface area contributed by atoms with Crippen LogP contribution in [0.1, 0.15) is 5.56 Å². The molecule has 0 atom stereocenters. The van der Waals surface area contributed by atoms with Crippen molar-refractivity contribution in [3.05, 3.63) is 22.3 Å². The molecule has 11 heavy (non-hydrogen) atoms. The average Bonchev–Trinajstić information content (AvgIpc) is 2.04. The average molecular weight is 218 g/mol. The van der Waals surface area contributed by atoms with Gasteiger partial charge in [0, 0.05) is 10.7 Å². The van der Waals surface area contributed by atoms with Crippen molar-refractivity contribution < 1.29 is 9.84 Å². The van der Waals surface area contributed by atoms with Crippen LogP contribution in [0.4, 0.5) is 0 Å². The zero-order valence-corrected chi connectivity index (χ0v) is 7.63. The van der Waals surface area contributed by atoms with Crippen LogP contribution in [0.2, 0.25) is 0 Å². The van der Waals surface area contributed by atoms with Crippen LogP contribution in [0.25, 0.3) is 0 Å². The predicted molar refractivity (Wildman–Crippen MR) is 44.4 cm³/mol. The Balaban J connectivity index is 3.13. The van der Waals surface area contributed by atoms with Gasteiger partial charge in [0.25, 0.3) is 0 Å². The summed E-state index contributed by atoms with van der Waals surface area (Å²) < 4.78 is 5.73. The first kappa shape index (κ1) is 8.49. The van der Waals surface area contributed by atoms with E-state index >= 15 is 0 Å². The van der Waals surface area contributed by atoms with Gasteiger partial charge in [0.15, 0.2) is 0 Å². The van der Waals surface area contributed by atoms with Gasteiger partial charge in [-0.3, -0.25) is 0 Å². The summed E-state index contributed by atoms with van der Waals surface area (Å²) in [6, 6.07) is 1.76. The Labute approximate surface area is 73.2 Å². The van der Waals surface area contributed by atoms with E-state index in [-0.39, 0.29) is 6.61 Å². The van der Waals surface area contributed by atoms with E-state index in [1.165, 1.54) is 7.11 Å². The van der Waals surface area contributed by atoms with Gasteiger partial charge in [-0.25, -0.2) is 4.98 Å². The van der Waals surface area contributed by atoms with Gasteiger partial charge in [0.2, 0.25) is 5.88 Å². The smallest absolute Gasteiger partial charge is 0.219 e. The molecule has 1 heterocycles. The summed E-state index contributed by atoms with van der Waals surface area (Å²) in [5.74, 6) is 0.460. The number of halogens is 1. The lowest BCUT2D eigenvalue weighted by Crippen LogP contribution is -1.95. The number of rotatable bonds is 2. The Kier molecular flexibility index (Phi) is 2.84. The van der Waals surface area contributed by atoms with Gasteiger partial charge >= 0.3 is 0 Å². The molecule has 0 saturated heterocycles. The fourth-order valence-electron chi connectivity index (χ4n) is 0.770. The van der Waals surface area contributed by atoms with Crippen molar-refractivity contribution >= 4 is 15.9 Å². The minimum atomic E-state index is -0.0718. The van der Waals surface area contributed by atoms with Crippen LogP contribution in [0.3, 0.4) is 0 Å². The molecule has 1 rings (SSSR count). The van der Waals surface area contributed by atoms with Crippen LogP contribution in [-0.2, 0) is 6.61 Å². The molecule has 0 fully saturated rings. The van der Waals surface area contributed by atoms with E-state index in [2.05, 4.69) is 20.9 Å². The van der Waals surface area contributed by atoms with Crippen molar-refractivity contribution in [1.82, 2.24) is 4.98 Å². The maximum atomic E-state index is 8.88. The summed E-state index contributed by atoms with van der Waals surface area (Å²) >= 11 is 3.27. The monoisotopic (exact) mass is 217 g/mol. The Morgan fingerprint density at radius 1 is 1.73 bits per heavy atom. The largest absolute Gasteiger partial charge is 0.481 e. The Morgan fingerprint density at radius 2 is 2.45 bits per heavy atom. The van der Waals surface area contributed by atoms with E-state index in [0.717, 1.165) is 4.47 Å². The number of aromatic nitrogens is 1. The lowest BCUT2D eigenvalue weighted by atomic mass is 10.3. The van der Waals surface area contributed by atoms with Crippen LogP contribution in [0.5, 0.6) is 5.88 Å². The highest BCUT2D eigenvalue weighted by atomic mass is 79.9. The summed E-state index contributed by atoms with van der Waals surface area (Å²) in [6.45, 7) is -0.0718. The lowest BCUT2D eigenvalue weighted by Gasteiger charge is -2.05. The predicted octanol–water partition coefficient (Wildman–Crippen LogP) is 1.34. The fraction of sp³-hybridized carbons (Fsp3) is 0.286. The number of hydrogen-bond donors (Lipinski definition) is 1. The quantitative estimate of drug-likeness (QED) is 0.814. The van der Waals surface area contributed by atoms with E-state index < -0.39 is 0 Å². The molecule has 3 nitrogen and oxygen atoms in total. The van der Waals surface area contributed by atoms with E-state index in [4.69, 9.17) is 9.84 Å². The normalized spacial score (nSPS) is 9.73. The molecule has 0 saturated carbocycles. The maximum Gasteiger partial charge on any atom is 0.219 e. The minimum absolute atomic E-state index is 0.0718. The standard InChI is InChI=1S/C7H8BrNO2/c1-11-7-5(4-10)6(8)2-3-9-7/h2-3,10H,4H2,1H3. The summed E-state index contributed by atoms with van der Waals surface area (Å²) in [5, 5.41) is 8.88.